The van der Waals surface area contributed by atoms with E-state index < -0.39 is 0 Å². The van der Waals surface area contributed by atoms with E-state index in [0.717, 1.165) is 28.8 Å². The summed E-state index contributed by atoms with van der Waals surface area (Å²) in [5, 5.41) is 4.48. The van der Waals surface area contributed by atoms with Gasteiger partial charge in [-0.2, -0.15) is 5.10 Å². The maximum Gasteiger partial charge on any atom is 0.161 e. The standard InChI is InChI=1S/C15H21N3O2/c1-5-13-12(9-18(2)17-13)11-7-15(20-4)14(19-3)6-10(11)8-16/h6-7,9H,5,8,16H2,1-4H3. The third-order valence-electron chi connectivity index (χ3n) is 3.36. The lowest BCUT2D eigenvalue weighted by molar-refractivity contribution is 0.354. The number of nitrogens with zero attached hydrogens (tertiary/aromatic N) is 2. The van der Waals surface area contributed by atoms with Gasteiger partial charge in [0.2, 0.25) is 0 Å². The molecule has 0 atom stereocenters. The fourth-order valence-corrected chi connectivity index (χ4v) is 2.36. The average Bonchev–Trinajstić information content (AvgIpc) is 2.86. The fraction of sp³-hybridized carbons (Fsp3) is 0.400. The van der Waals surface area contributed by atoms with Crippen LogP contribution >= 0.6 is 0 Å². The Kier molecular flexibility index (Phi) is 4.29. The first-order valence-electron chi connectivity index (χ1n) is 6.62. The maximum atomic E-state index is 5.88. The summed E-state index contributed by atoms with van der Waals surface area (Å²) >= 11 is 0. The number of nitrogens with two attached hydrogens (primary N) is 1. The molecule has 0 aliphatic heterocycles. The second-order valence-corrected chi connectivity index (χ2v) is 4.59. The van der Waals surface area contributed by atoms with Crippen LogP contribution in [0.15, 0.2) is 18.3 Å². The lowest BCUT2D eigenvalue weighted by Crippen LogP contribution is -2.02. The molecule has 5 heteroatoms. The molecule has 0 aliphatic rings. The molecular formula is C15H21N3O2. The number of benzene rings is 1. The van der Waals surface area contributed by atoms with Crippen molar-refractivity contribution >= 4 is 0 Å². The summed E-state index contributed by atoms with van der Waals surface area (Å²) in [5.41, 5.74) is 10.1. The molecule has 0 saturated heterocycles. The first kappa shape index (κ1) is 14.4. The molecule has 1 heterocycles. The van der Waals surface area contributed by atoms with Gasteiger partial charge in [-0.05, 0) is 29.7 Å². The van der Waals surface area contributed by atoms with E-state index in [2.05, 4.69) is 12.0 Å². The number of aryl methyl sites for hydroxylation is 2. The van der Waals surface area contributed by atoms with Gasteiger partial charge in [0, 0.05) is 25.4 Å². The Labute approximate surface area is 119 Å². The maximum absolute atomic E-state index is 5.88. The molecule has 0 bridgehead atoms. The molecule has 0 spiro atoms. The van der Waals surface area contributed by atoms with E-state index in [1.807, 2.05) is 30.1 Å². The summed E-state index contributed by atoms with van der Waals surface area (Å²) in [6.07, 6.45) is 2.88. The third-order valence-corrected chi connectivity index (χ3v) is 3.36. The van der Waals surface area contributed by atoms with Crippen molar-refractivity contribution in [3.63, 3.8) is 0 Å². The van der Waals surface area contributed by atoms with E-state index in [4.69, 9.17) is 15.2 Å². The van der Waals surface area contributed by atoms with Gasteiger partial charge in [0.05, 0.1) is 19.9 Å². The fourth-order valence-electron chi connectivity index (χ4n) is 2.36. The van der Waals surface area contributed by atoms with E-state index in [-0.39, 0.29) is 0 Å². The number of hydrogen-bond acceptors (Lipinski definition) is 4. The van der Waals surface area contributed by atoms with Crippen molar-refractivity contribution in [3.05, 3.63) is 29.6 Å². The Balaban J connectivity index is 2.65. The number of ether oxygens (including phenoxy) is 2. The molecule has 2 aromatic rings. The van der Waals surface area contributed by atoms with Crippen molar-refractivity contribution < 1.29 is 9.47 Å². The Morgan fingerprint density at radius 1 is 1.15 bits per heavy atom. The minimum absolute atomic E-state index is 0.438. The molecule has 0 saturated carbocycles. The topological polar surface area (TPSA) is 62.3 Å². The number of rotatable bonds is 5. The van der Waals surface area contributed by atoms with Crippen LogP contribution in [0.1, 0.15) is 18.2 Å². The van der Waals surface area contributed by atoms with Crippen LogP contribution in [0.4, 0.5) is 0 Å². The zero-order valence-corrected chi connectivity index (χ0v) is 12.4. The van der Waals surface area contributed by atoms with Gasteiger partial charge in [-0.25, -0.2) is 0 Å². The number of hydrogen-bond donors (Lipinski definition) is 1. The molecular weight excluding hydrogens is 254 g/mol. The minimum atomic E-state index is 0.438. The number of methoxy groups -OCH3 is 2. The molecule has 1 aromatic heterocycles. The van der Waals surface area contributed by atoms with E-state index in [9.17, 15) is 0 Å². The largest absolute Gasteiger partial charge is 0.493 e. The van der Waals surface area contributed by atoms with Crippen LogP contribution in [0.3, 0.4) is 0 Å². The highest BCUT2D eigenvalue weighted by atomic mass is 16.5. The highest BCUT2D eigenvalue weighted by Gasteiger charge is 2.16. The Morgan fingerprint density at radius 2 is 1.80 bits per heavy atom. The molecule has 5 nitrogen and oxygen atoms in total. The predicted octanol–water partition coefficient (Wildman–Crippen LogP) is 2.13. The lowest BCUT2D eigenvalue weighted by atomic mass is 9.98. The van der Waals surface area contributed by atoms with Crippen LogP contribution < -0.4 is 15.2 Å². The first-order chi connectivity index (χ1) is 9.64. The van der Waals surface area contributed by atoms with Crippen LogP contribution in [0.2, 0.25) is 0 Å². The SMILES string of the molecule is CCc1nn(C)cc1-c1cc(OC)c(OC)cc1CN. The summed E-state index contributed by atoms with van der Waals surface area (Å²) in [4.78, 5) is 0. The van der Waals surface area contributed by atoms with Crippen molar-refractivity contribution in [2.24, 2.45) is 12.8 Å². The molecule has 0 aliphatic carbocycles. The molecule has 20 heavy (non-hydrogen) atoms. The van der Waals surface area contributed by atoms with Crippen molar-refractivity contribution in [1.29, 1.82) is 0 Å². The molecule has 2 rings (SSSR count). The summed E-state index contributed by atoms with van der Waals surface area (Å²) < 4.78 is 12.5. The van der Waals surface area contributed by atoms with Gasteiger partial charge in [-0.3, -0.25) is 4.68 Å². The predicted molar refractivity (Wildman–Crippen MR) is 79.0 cm³/mol. The molecule has 0 fully saturated rings. The molecule has 0 radical (unpaired) electrons. The second-order valence-electron chi connectivity index (χ2n) is 4.59. The molecule has 2 N–H and O–H groups in total. The van der Waals surface area contributed by atoms with Crippen LogP contribution in [0.5, 0.6) is 11.5 Å². The average molecular weight is 275 g/mol. The summed E-state index contributed by atoms with van der Waals surface area (Å²) in [6, 6.07) is 3.90. The van der Waals surface area contributed by atoms with Gasteiger partial charge in [-0.1, -0.05) is 6.92 Å². The summed E-state index contributed by atoms with van der Waals surface area (Å²) in [7, 11) is 5.18. The molecule has 1 aromatic carbocycles. The zero-order chi connectivity index (χ0) is 14.7. The van der Waals surface area contributed by atoms with Gasteiger partial charge < -0.3 is 15.2 Å². The van der Waals surface area contributed by atoms with Crippen molar-refractivity contribution in [1.82, 2.24) is 9.78 Å². The van der Waals surface area contributed by atoms with Crippen LogP contribution in [0.25, 0.3) is 11.1 Å². The monoisotopic (exact) mass is 275 g/mol. The first-order valence-corrected chi connectivity index (χ1v) is 6.62. The van der Waals surface area contributed by atoms with Crippen LogP contribution in [-0.4, -0.2) is 24.0 Å². The summed E-state index contributed by atoms with van der Waals surface area (Å²) in [5.74, 6) is 1.39. The Hall–Kier alpha value is -2.01. The van der Waals surface area contributed by atoms with Crippen molar-refractivity contribution in [2.45, 2.75) is 19.9 Å². The quantitative estimate of drug-likeness (QED) is 0.908. The Morgan fingerprint density at radius 3 is 2.35 bits per heavy atom. The van der Waals surface area contributed by atoms with Gasteiger partial charge >= 0.3 is 0 Å². The highest BCUT2D eigenvalue weighted by Crippen LogP contribution is 2.36. The zero-order valence-electron chi connectivity index (χ0n) is 12.4. The van der Waals surface area contributed by atoms with Crippen molar-refractivity contribution in [3.8, 4) is 22.6 Å². The normalized spacial score (nSPS) is 10.7. The van der Waals surface area contributed by atoms with E-state index in [1.54, 1.807) is 14.2 Å². The lowest BCUT2D eigenvalue weighted by Gasteiger charge is -2.14. The van der Waals surface area contributed by atoms with E-state index in [0.29, 0.717) is 18.0 Å². The molecule has 0 unspecified atom stereocenters. The smallest absolute Gasteiger partial charge is 0.161 e. The summed E-state index contributed by atoms with van der Waals surface area (Å²) in [6.45, 7) is 2.53. The van der Waals surface area contributed by atoms with Gasteiger partial charge in [-0.15, -0.1) is 0 Å². The van der Waals surface area contributed by atoms with Crippen LogP contribution in [-0.2, 0) is 20.0 Å². The molecule has 108 valence electrons. The van der Waals surface area contributed by atoms with Gasteiger partial charge in [0.25, 0.3) is 0 Å². The van der Waals surface area contributed by atoms with Gasteiger partial charge in [0.15, 0.2) is 11.5 Å². The second kappa shape index (κ2) is 5.96. The molecule has 0 amide bonds. The van der Waals surface area contributed by atoms with E-state index >= 15 is 0 Å². The Bertz CT molecular complexity index is 605. The van der Waals surface area contributed by atoms with Crippen molar-refractivity contribution in [2.75, 3.05) is 14.2 Å². The third kappa shape index (κ3) is 2.49. The van der Waals surface area contributed by atoms with Crippen LogP contribution in [0, 0.1) is 0 Å². The highest BCUT2D eigenvalue weighted by molar-refractivity contribution is 5.72. The van der Waals surface area contributed by atoms with Gasteiger partial charge in [0.1, 0.15) is 0 Å². The minimum Gasteiger partial charge on any atom is -0.493 e. The van der Waals surface area contributed by atoms with E-state index in [1.165, 1.54) is 0 Å². The number of aromatic nitrogens is 2.